The van der Waals surface area contributed by atoms with E-state index in [0.717, 1.165) is 34.2 Å². The normalized spacial score (nSPS) is 22.9. The molecule has 4 heterocycles. The Morgan fingerprint density at radius 1 is 1.21 bits per heavy atom. The first-order valence-corrected chi connectivity index (χ1v) is 11.4. The van der Waals surface area contributed by atoms with Gasteiger partial charge >= 0.3 is 6.18 Å². The van der Waals surface area contributed by atoms with Crippen molar-refractivity contribution in [1.82, 2.24) is 24.5 Å². The van der Waals surface area contributed by atoms with Gasteiger partial charge in [0.05, 0.1) is 18.7 Å². The SMILES string of the molecule is Cc1ccc([C@@H]2C[C@@H](C(F)(F)F)n3nc(-c4n[nH]c(=S)n4C[C@@H]4CCCO4)cc3N2)cc1C. The highest BCUT2D eigenvalue weighted by Crippen LogP contribution is 2.44. The van der Waals surface area contributed by atoms with Gasteiger partial charge in [-0.3, -0.25) is 9.67 Å². The van der Waals surface area contributed by atoms with Gasteiger partial charge < -0.3 is 10.1 Å². The van der Waals surface area contributed by atoms with Crippen LogP contribution in [0.1, 0.15) is 48.0 Å². The van der Waals surface area contributed by atoms with E-state index in [1.165, 1.54) is 0 Å². The number of aromatic amines is 1. The van der Waals surface area contributed by atoms with Crippen molar-refractivity contribution in [2.75, 3.05) is 11.9 Å². The average molecular weight is 479 g/mol. The number of H-pyrrole nitrogens is 1. The molecule has 0 amide bonds. The zero-order chi connectivity index (χ0) is 23.3. The van der Waals surface area contributed by atoms with Gasteiger partial charge in [0.2, 0.25) is 0 Å². The predicted octanol–water partition coefficient (Wildman–Crippen LogP) is 5.26. The molecule has 0 bridgehead atoms. The zero-order valence-corrected chi connectivity index (χ0v) is 19.1. The van der Waals surface area contributed by atoms with Crippen LogP contribution in [0.3, 0.4) is 0 Å². The lowest BCUT2D eigenvalue weighted by Crippen LogP contribution is -2.35. The summed E-state index contributed by atoms with van der Waals surface area (Å²) in [5.41, 5.74) is 3.30. The van der Waals surface area contributed by atoms with Gasteiger partial charge in [0.15, 0.2) is 16.6 Å². The van der Waals surface area contributed by atoms with Crippen LogP contribution in [0.2, 0.25) is 0 Å². The van der Waals surface area contributed by atoms with Crippen molar-refractivity contribution in [2.45, 2.75) is 64.0 Å². The van der Waals surface area contributed by atoms with Gasteiger partial charge in [-0.15, -0.1) is 0 Å². The number of alkyl halides is 3. The molecule has 3 aromatic rings. The summed E-state index contributed by atoms with van der Waals surface area (Å²) in [7, 11) is 0. The van der Waals surface area contributed by atoms with Crippen LogP contribution in [-0.4, -0.2) is 43.4 Å². The molecule has 1 fully saturated rings. The molecule has 2 aliphatic rings. The summed E-state index contributed by atoms with van der Waals surface area (Å²) in [5.74, 6) is 0.710. The number of aromatic nitrogens is 5. The molecule has 33 heavy (non-hydrogen) atoms. The molecule has 1 saturated heterocycles. The van der Waals surface area contributed by atoms with Crippen LogP contribution in [0, 0.1) is 18.6 Å². The Balaban J connectivity index is 1.52. The van der Waals surface area contributed by atoms with Crippen LogP contribution in [0.15, 0.2) is 24.3 Å². The molecule has 2 aromatic heterocycles. The van der Waals surface area contributed by atoms with Gasteiger partial charge in [-0.05, 0) is 55.6 Å². The van der Waals surface area contributed by atoms with Gasteiger partial charge in [0, 0.05) is 19.1 Å². The smallest absolute Gasteiger partial charge is 0.376 e. The highest BCUT2D eigenvalue weighted by molar-refractivity contribution is 7.71. The maximum Gasteiger partial charge on any atom is 0.410 e. The van der Waals surface area contributed by atoms with Gasteiger partial charge in [-0.25, -0.2) is 4.68 Å². The van der Waals surface area contributed by atoms with Crippen molar-refractivity contribution in [3.63, 3.8) is 0 Å². The van der Waals surface area contributed by atoms with Crippen molar-refractivity contribution in [1.29, 1.82) is 0 Å². The average Bonchev–Trinajstić information content (AvgIpc) is 3.49. The number of ether oxygens (including phenoxy) is 1. The van der Waals surface area contributed by atoms with E-state index < -0.39 is 18.3 Å². The number of aryl methyl sites for hydroxylation is 2. The number of benzene rings is 1. The summed E-state index contributed by atoms with van der Waals surface area (Å²) >= 11 is 5.36. The number of rotatable bonds is 4. The summed E-state index contributed by atoms with van der Waals surface area (Å²) in [5, 5.41) is 14.6. The quantitative estimate of drug-likeness (QED) is 0.501. The van der Waals surface area contributed by atoms with Crippen LogP contribution >= 0.6 is 12.2 Å². The number of nitrogens with zero attached hydrogens (tertiary/aromatic N) is 4. The Kier molecular flexibility index (Phi) is 5.56. The molecule has 0 spiro atoms. The first kappa shape index (κ1) is 22.1. The lowest BCUT2D eigenvalue weighted by molar-refractivity contribution is -0.173. The van der Waals surface area contributed by atoms with E-state index in [0.29, 0.717) is 35.3 Å². The Hall–Kier alpha value is -2.66. The summed E-state index contributed by atoms with van der Waals surface area (Å²) in [6.07, 6.45) is -2.72. The molecule has 1 aromatic carbocycles. The largest absolute Gasteiger partial charge is 0.410 e. The van der Waals surface area contributed by atoms with E-state index in [1.54, 1.807) is 10.6 Å². The van der Waals surface area contributed by atoms with E-state index in [1.807, 2.05) is 32.0 Å². The molecule has 0 radical (unpaired) electrons. The highest BCUT2D eigenvalue weighted by Gasteiger charge is 2.46. The molecule has 0 unspecified atom stereocenters. The molecule has 2 aliphatic heterocycles. The number of nitrogens with one attached hydrogen (secondary N) is 2. The fourth-order valence-corrected chi connectivity index (χ4v) is 4.76. The second kappa shape index (κ2) is 8.28. The van der Waals surface area contributed by atoms with Crippen LogP contribution in [0.25, 0.3) is 11.5 Å². The van der Waals surface area contributed by atoms with Gasteiger partial charge in [0.25, 0.3) is 0 Å². The Labute approximate surface area is 194 Å². The third kappa shape index (κ3) is 4.19. The predicted molar refractivity (Wildman–Crippen MR) is 120 cm³/mol. The third-order valence-corrected chi connectivity index (χ3v) is 6.83. The lowest BCUT2D eigenvalue weighted by Gasteiger charge is -2.33. The zero-order valence-electron chi connectivity index (χ0n) is 18.3. The van der Waals surface area contributed by atoms with Crippen LogP contribution in [0.4, 0.5) is 19.0 Å². The Bertz CT molecular complexity index is 1220. The third-order valence-electron chi connectivity index (χ3n) is 6.52. The van der Waals surface area contributed by atoms with E-state index >= 15 is 0 Å². The van der Waals surface area contributed by atoms with Crippen molar-refractivity contribution >= 4 is 18.0 Å². The monoisotopic (exact) mass is 478 g/mol. The van der Waals surface area contributed by atoms with Crippen molar-refractivity contribution < 1.29 is 17.9 Å². The molecular weight excluding hydrogens is 453 g/mol. The van der Waals surface area contributed by atoms with E-state index in [-0.39, 0.29) is 12.5 Å². The molecule has 0 saturated carbocycles. The lowest BCUT2D eigenvalue weighted by atomic mass is 9.94. The minimum atomic E-state index is -4.44. The maximum absolute atomic E-state index is 14.1. The van der Waals surface area contributed by atoms with Gasteiger partial charge in [-0.1, -0.05) is 18.2 Å². The number of hydrogen-bond acceptors (Lipinski definition) is 5. The first-order chi connectivity index (χ1) is 15.7. The molecule has 176 valence electrons. The number of halogens is 3. The second-order valence-corrected chi connectivity index (χ2v) is 9.18. The maximum atomic E-state index is 14.1. The standard InChI is InChI=1S/C22H25F3N6OS/c1-12-5-6-14(8-13(12)2)16-9-18(22(23,24)25)31-19(26-16)10-17(29-31)20-27-28-21(33)30(20)11-15-4-3-7-32-15/h5-6,8,10,15-16,18,26H,3-4,7,9,11H2,1-2H3,(H,28,33)/t15-,16-,18-/m0/s1. The van der Waals surface area contributed by atoms with E-state index in [2.05, 4.69) is 20.6 Å². The minimum absolute atomic E-state index is 0.000459. The molecule has 2 N–H and O–H groups in total. The fourth-order valence-electron chi connectivity index (χ4n) is 4.56. The molecule has 0 aliphatic carbocycles. The topological polar surface area (TPSA) is 72.7 Å². The molecule has 7 nitrogen and oxygen atoms in total. The summed E-state index contributed by atoms with van der Waals surface area (Å²) in [4.78, 5) is 0. The summed E-state index contributed by atoms with van der Waals surface area (Å²) < 4.78 is 51.1. The van der Waals surface area contributed by atoms with Gasteiger partial charge in [0.1, 0.15) is 11.5 Å². The minimum Gasteiger partial charge on any atom is -0.376 e. The Morgan fingerprint density at radius 3 is 2.73 bits per heavy atom. The highest BCUT2D eigenvalue weighted by atomic mass is 32.1. The first-order valence-electron chi connectivity index (χ1n) is 11.0. The molecular formula is C22H25F3N6OS. The number of fused-ring (bicyclic) bond motifs is 1. The van der Waals surface area contributed by atoms with E-state index in [9.17, 15) is 13.2 Å². The van der Waals surface area contributed by atoms with Crippen LogP contribution < -0.4 is 5.32 Å². The molecule has 5 rings (SSSR count). The summed E-state index contributed by atoms with van der Waals surface area (Å²) in [6, 6.07) is 5.15. The summed E-state index contributed by atoms with van der Waals surface area (Å²) in [6.45, 7) is 5.12. The Morgan fingerprint density at radius 2 is 2.03 bits per heavy atom. The second-order valence-electron chi connectivity index (χ2n) is 8.79. The van der Waals surface area contributed by atoms with E-state index in [4.69, 9.17) is 17.0 Å². The number of hydrogen-bond donors (Lipinski definition) is 2. The number of anilines is 1. The van der Waals surface area contributed by atoms with Crippen LogP contribution in [0.5, 0.6) is 0 Å². The fraction of sp³-hybridized carbons (Fsp3) is 0.500. The van der Waals surface area contributed by atoms with Crippen molar-refractivity contribution in [2.24, 2.45) is 0 Å². The van der Waals surface area contributed by atoms with Gasteiger partial charge in [-0.2, -0.15) is 23.4 Å². The molecule has 3 atom stereocenters. The van der Waals surface area contributed by atoms with Crippen molar-refractivity contribution in [3.05, 3.63) is 45.7 Å². The van der Waals surface area contributed by atoms with Crippen molar-refractivity contribution in [3.8, 4) is 11.5 Å². The molecule has 11 heteroatoms. The van der Waals surface area contributed by atoms with Crippen LogP contribution in [-0.2, 0) is 11.3 Å².